The number of ether oxygens (including phenoxy) is 1. The van der Waals surface area contributed by atoms with Gasteiger partial charge in [0.2, 0.25) is 9.84 Å². The molecule has 0 spiro atoms. The normalized spacial score (nSPS) is 14.9. The summed E-state index contributed by atoms with van der Waals surface area (Å²) >= 11 is 0. The fraction of sp³-hybridized carbons (Fsp3) is 0.286. The van der Waals surface area contributed by atoms with Crippen LogP contribution in [0.15, 0.2) is 64.5 Å². The molecule has 7 nitrogen and oxygen atoms in total. The number of carbonyl (C=O) groups excluding carboxylic acids is 1. The third-order valence-corrected chi connectivity index (χ3v) is 6.83. The van der Waals surface area contributed by atoms with Crippen LogP contribution in [-0.2, 0) is 14.6 Å². The van der Waals surface area contributed by atoms with Crippen molar-refractivity contribution < 1.29 is 17.9 Å². The number of piperazine rings is 1. The second-order valence-electron chi connectivity index (χ2n) is 6.76. The van der Waals surface area contributed by atoms with Crippen LogP contribution in [0, 0.1) is 0 Å². The summed E-state index contributed by atoms with van der Waals surface area (Å²) < 4.78 is 34.3. The van der Waals surface area contributed by atoms with E-state index in [4.69, 9.17) is 4.74 Å². The maximum absolute atomic E-state index is 13.6. The Morgan fingerprint density at radius 1 is 1.07 bits per heavy atom. The van der Waals surface area contributed by atoms with Crippen LogP contribution in [-0.4, -0.2) is 51.6 Å². The number of pyridine rings is 1. The van der Waals surface area contributed by atoms with Crippen molar-refractivity contribution in [3.8, 4) is 0 Å². The average Bonchev–Trinajstić information content (AvgIpc) is 3.11. The molecule has 1 aliphatic heterocycles. The van der Waals surface area contributed by atoms with Crippen molar-refractivity contribution in [2.24, 2.45) is 0 Å². The summed E-state index contributed by atoms with van der Waals surface area (Å²) in [6, 6.07) is 13.5. The zero-order chi connectivity index (χ0) is 20.4. The topological polar surface area (TPSA) is 80.1 Å². The fourth-order valence-corrected chi connectivity index (χ4v) is 5.36. The molecule has 1 N–H and O–H groups in total. The number of sulfone groups is 1. The molecule has 1 aromatic carbocycles. The van der Waals surface area contributed by atoms with Gasteiger partial charge in [0.05, 0.1) is 17.0 Å². The van der Waals surface area contributed by atoms with Gasteiger partial charge < -0.3 is 19.4 Å². The summed E-state index contributed by atoms with van der Waals surface area (Å²) in [5.41, 5.74) is 0.566. The Bertz CT molecular complexity index is 1130. The van der Waals surface area contributed by atoms with E-state index < -0.39 is 15.8 Å². The lowest BCUT2D eigenvalue weighted by atomic mass is 10.2. The van der Waals surface area contributed by atoms with E-state index >= 15 is 0 Å². The van der Waals surface area contributed by atoms with Gasteiger partial charge in [-0.2, -0.15) is 0 Å². The summed E-state index contributed by atoms with van der Waals surface area (Å²) in [6.07, 6.45) is 1.79. The smallest absolute Gasteiger partial charge is 0.343 e. The lowest BCUT2D eigenvalue weighted by Gasteiger charge is -2.29. The van der Waals surface area contributed by atoms with Crippen LogP contribution < -0.4 is 10.2 Å². The van der Waals surface area contributed by atoms with Gasteiger partial charge in [-0.3, -0.25) is 0 Å². The number of rotatable bonds is 5. The van der Waals surface area contributed by atoms with Gasteiger partial charge >= 0.3 is 5.97 Å². The summed E-state index contributed by atoms with van der Waals surface area (Å²) in [5, 5.41) is 3.28. The number of carbonyl (C=O) groups is 1. The number of hydrogen-bond donors (Lipinski definition) is 1. The van der Waals surface area contributed by atoms with Crippen LogP contribution in [0.25, 0.3) is 5.52 Å². The van der Waals surface area contributed by atoms with Crippen LogP contribution in [0.1, 0.15) is 17.3 Å². The van der Waals surface area contributed by atoms with E-state index in [9.17, 15) is 13.2 Å². The van der Waals surface area contributed by atoms with E-state index in [-0.39, 0.29) is 22.0 Å². The highest BCUT2D eigenvalue weighted by Gasteiger charge is 2.35. The van der Waals surface area contributed by atoms with Crippen LogP contribution >= 0.6 is 0 Å². The Morgan fingerprint density at radius 3 is 2.45 bits per heavy atom. The Labute approximate surface area is 169 Å². The van der Waals surface area contributed by atoms with Gasteiger partial charge in [-0.1, -0.05) is 24.3 Å². The molecule has 0 saturated carbocycles. The molecule has 0 atom stereocenters. The van der Waals surface area contributed by atoms with E-state index in [2.05, 4.69) is 5.32 Å². The fourth-order valence-electron chi connectivity index (χ4n) is 3.73. The molecule has 0 bridgehead atoms. The third kappa shape index (κ3) is 3.38. The van der Waals surface area contributed by atoms with Gasteiger partial charge in [-0.15, -0.1) is 0 Å². The molecule has 0 unspecified atom stereocenters. The van der Waals surface area contributed by atoms with E-state index in [1.807, 2.05) is 11.0 Å². The molecule has 1 fully saturated rings. The van der Waals surface area contributed by atoms with Gasteiger partial charge in [-0.05, 0) is 31.2 Å². The molecule has 3 aromatic rings. The summed E-state index contributed by atoms with van der Waals surface area (Å²) in [4.78, 5) is 15.2. The van der Waals surface area contributed by atoms with Gasteiger partial charge in [-0.25, -0.2) is 13.2 Å². The SMILES string of the molecule is CCOC(=O)c1c(S(=O)(=O)c2ccccc2)c2ccccn2c1N1CCNCC1. The number of esters is 1. The number of hydrogen-bond acceptors (Lipinski definition) is 6. The summed E-state index contributed by atoms with van der Waals surface area (Å²) in [7, 11) is -3.94. The molecule has 1 aliphatic rings. The lowest BCUT2D eigenvalue weighted by molar-refractivity contribution is 0.0523. The zero-order valence-corrected chi connectivity index (χ0v) is 17.0. The van der Waals surface area contributed by atoms with E-state index in [1.165, 1.54) is 0 Å². The molecule has 0 aliphatic carbocycles. The molecule has 2 aromatic heterocycles. The maximum atomic E-state index is 13.6. The number of aromatic nitrogens is 1. The molecule has 8 heteroatoms. The minimum Gasteiger partial charge on any atom is -0.462 e. The lowest BCUT2D eigenvalue weighted by Crippen LogP contribution is -2.44. The predicted octanol–water partition coefficient (Wildman–Crippen LogP) is 2.36. The molecule has 0 amide bonds. The monoisotopic (exact) mass is 413 g/mol. The van der Waals surface area contributed by atoms with Gasteiger partial charge in [0.15, 0.2) is 0 Å². The predicted molar refractivity (Wildman–Crippen MR) is 110 cm³/mol. The van der Waals surface area contributed by atoms with E-state index in [1.54, 1.807) is 60.0 Å². The van der Waals surface area contributed by atoms with Crippen molar-refractivity contribution in [1.82, 2.24) is 9.72 Å². The van der Waals surface area contributed by atoms with E-state index in [0.29, 0.717) is 24.4 Å². The first-order chi connectivity index (χ1) is 14.1. The zero-order valence-electron chi connectivity index (χ0n) is 16.2. The molecule has 4 rings (SSSR count). The molecule has 1 saturated heterocycles. The van der Waals surface area contributed by atoms with Crippen molar-refractivity contribution in [1.29, 1.82) is 0 Å². The van der Waals surface area contributed by atoms with Crippen molar-refractivity contribution in [2.45, 2.75) is 16.7 Å². The maximum Gasteiger partial charge on any atom is 0.343 e. The minimum absolute atomic E-state index is 0.00344. The number of nitrogens with one attached hydrogen (secondary N) is 1. The number of nitrogens with zero attached hydrogens (tertiary/aromatic N) is 2. The summed E-state index contributed by atoms with van der Waals surface area (Å²) in [6.45, 7) is 4.71. The first-order valence-corrected chi connectivity index (χ1v) is 11.1. The quantitative estimate of drug-likeness (QED) is 0.647. The van der Waals surface area contributed by atoms with Crippen LogP contribution in [0.2, 0.25) is 0 Å². The number of fused-ring (bicyclic) bond motifs is 1. The molecular formula is C21H23N3O4S. The van der Waals surface area contributed by atoms with Gasteiger partial charge in [0.25, 0.3) is 0 Å². The highest BCUT2D eigenvalue weighted by molar-refractivity contribution is 7.91. The van der Waals surface area contributed by atoms with Crippen molar-refractivity contribution in [3.63, 3.8) is 0 Å². The Hall–Kier alpha value is -2.84. The second-order valence-corrected chi connectivity index (χ2v) is 8.64. The number of benzene rings is 1. The first kappa shape index (κ1) is 19.5. The third-order valence-electron chi connectivity index (χ3n) is 4.99. The van der Waals surface area contributed by atoms with Crippen LogP contribution in [0.4, 0.5) is 5.82 Å². The highest BCUT2D eigenvalue weighted by atomic mass is 32.2. The summed E-state index contributed by atoms with van der Waals surface area (Å²) in [5.74, 6) is -0.0608. The molecule has 3 heterocycles. The standard InChI is InChI=1S/C21H23N3O4S/c1-2-28-21(25)18-19(29(26,27)16-8-4-3-5-9-16)17-10-6-7-13-24(17)20(18)23-14-11-22-12-15-23/h3-10,13,22H,2,11-12,14-15H2,1H3. The van der Waals surface area contributed by atoms with Crippen molar-refractivity contribution >= 4 is 27.1 Å². The van der Waals surface area contributed by atoms with Gasteiger partial charge in [0, 0.05) is 32.4 Å². The van der Waals surface area contributed by atoms with Crippen LogP contribution in [0.3, 0.4) is 0 Å². The minimum atomic E-state index is -3.94. The highest BCUT2D eigenvalue weighted by Crippen LogP contribution is 2.37. The molecule has 152 valence electrons. The van der Waals surface area contributed by atoms with Crippen LogP contribution in [0.5, 0.6) is 0 Å². The molecule has 0 radical (unpaired) electrons. The Morgan fingerprint density at radius 2 is 1.76 bits per heavy atom. The van der Waals surface area contributed by atoms with Crippen molar-refractivity contribution in [3.05, 3.63) is 60.3 Å². The average molecular weight is 413 g/mol. The second kappa shape index (κ2) is 7.88. The largest absolute Gasteiger partial charge is 0.462 e. The number of anilines is 1. The molecular weight excluding hydrogens is 390 g/mol. The first-order valence-electron chi connectivity index (χ1n) is 9.61. The van der Waals surface area contributed by atoms with Gasteiger partial charge in [0.1, 0.15) is 16.3 Å². The molecule has 29 heavy (non-hydrogen) atoms. The Balaban J connectivity index is 2.05. The Kier molecular flexibility index (Phi) is 5.29. The van der Waals surface area contributed by atoms with Crippen molar-refractivity contribution in [2.75, 3.05) is 37.7 Å². The van der Waals surface area contributed by atoms with E-state index in [0.717, 1.165) is 13.1 Å².